The molecule has 1 N–H and O–H groups in total. The second-order valence-electron chi connectivity index (χ2n) is 6.08. The van der Waals surface area contributed by atoms with E-state index in [1.807, 2.05) is 28.8 Å². The van der Waals surface area contributed by atoms with Crippen molar-refractivity contribution in [1.29, 1.82) is 4.78 Å². The van der Waals surface area contributed by atoms with Crippen LogP contribution in [0.1, 0.15) is 5.56 Å². The Kier molecular flexibility index (Phi) is 3.84. The van der Waals surface area contributed by atoms with Crippen LogP contribution in [0.3, 0.4) is 0 Å². The van der Waals surface area contributed by atoms with Gasteiger partial charge in [-0.25, -0.2) is 19.0 Å². The van der Waals surface area contributed by atoms with E-state index in [0.29, 0.717) is 23.0 Å². The van der Waals surface area contributed by atoms with Crippen molar-refractivity contribution < 1.29 is 8.95 Å². The zero-order valence-electron chi connectivity index (χ0n) is 14.3. The fraction of sp³-hybridized carbons (Fsp3) is 0.167. The molecule has 4 rings (SSSR count). The SMILES string of the molecule is COc1ccc2c(ncc3ncn(Cc4ccc(S(C)(=N)=O)cc4)c32)n1. The summed E-state index contributed by atoms with van der Waals surface area (Å²) in [5.74, 6) is 0.518. The van der Waals surface area contributed by atoms with E-state index < -0.39 is 9.73 Å². The number of pyridine rings is 2. The maximum Gasteiger partial charge on any atom is 0.215 e. The summed E-state index contributed by atoms with van der Waals surface area (Å²) < 4.78 is 26.7. The molecule has 1 atom stereocenters. The third-order valence-electron chi connectivity index (χ3n) is 4.22. The molecule has 7 nitrogen and oxygen atoms in total. The van der Waals surface area contributed by atoms with Gasteiger partial charge in [0.25, 0.3) is 0 Å². The lowest BCUT2D eigenvalue weighted by Gasteiger charge is -2.08. The molecule has 132 valence electrons. The van der Waals surface area contributed by atoms with E-state index in [2.05, 4.69) is 15.0 Å². The molecule has 0 bridgehead atoms. The molecular weight excluding hydrogens is 350 g/mol. The summed E-state index contributed by atoms with van der Waals surface area (Å²) in [5, 5.41) is 0.903. The van der Waals surface area contributed by atoms with Crippen molar-refractivity contribution in [3.63, 3.8) is 0 Å². The zero-order valence-corrected chi connectivity index (χ0v) is 15.2. The number of hydrogen-bond acceptors (Lipinski definition) is 6. The Morgan fingerprint density at radius 1 is 1.15 bits per heavy atom. The first-order valence-corrected chi connectivity index (χ1v) is 9.89. The quantitative estimate of drug-likeness (QED) is 0.598. The van der Waals surface area contributed by atoms with Gasteiger partial charge in [0, 0.05) is 29.1 Å². The molecular formula is C18H17N5O2S. The van der Waals surface area contributed by atoms with Crippen LogP contribution in [0.15, 0.2) is 53.8 Å². The lowest BCUT2D eigenvalue weighted by Crippen LogP contribution is -2.00. The molecule has 1 unspecified atom stereocenters. The monoisotopic (exact) mass is 367 g/mol. The Bertz CT molecular complexity index is 1210. The van der Waals surface area contributed by atoms with Gasteiger partial charge in [-0.05, 0) is 23.8 Å². The highest BCUT2D eigenvalue weighted by atomic mass is 32.2. The standard InChI is InChI=1S/C18H17N5O2S/c1-25-16-8-7-14-17-15(9-20-18(14)22-16)21-11-23(17)10-12-3-5-13(6-4-12)26(2,19)24/h3-9,11,19H,10H2,1-2H3. The van der Waals surface area contributed by atoms with Crippen molar-refractivity contribution in [1.82, 2.24) is 19.5 Å². The Labute approximate surface area is 150 Å². The van der Waals surface area contributed by atoms with Crippen molar-refractivity contribution in [3.05, 3.63) is 54.5 Å². The Morgan fingerprint density at radius 2 is 1.92 bits per heavy atom. The van der Waals surface area contributed by atoms with Crippen LogP contribution < -0.4 is 4.74 Å². The minimum absolute atomic E-state index is 0.518. The summed E-state index contributed by atoms with van der Waals surface area (Å²) in [4.78, 5) is 13.7. The first-order chi connectivity index (χ1) is 12.5. The molecule has 0 radical (unpaired) electrons. The summed E-state index contributed by atoms with van der Waals surface area (Å²) in [6, 6.07) is 11.0. The molecule has 26 heavy (non-hydrogen) atoms. The molecule has 0 aliphatic rings. The van der Waals surface area contributed by atoms with Gasteiger partial charge in [0.15, 0.2) is 5.65 Å². The highest BCUT2D eigenvalue weighted by Crippen LogP contribution is 2.24. The summed E-state index contributed by atoms with van der Waals surface area (Å²) in [5.41, 5.74) is 3.38. The predicted octanol–water partition coefficient (Wildman–Crippen LogP) is 3.07. The Hall–Kier alpha value is -3.00. The van der Waals surface area contributed by atoms with Crippen molar-refractivity contribution in [2.45, 2.75) is 11.4 Å². The van der Waals surface area contributed by atoms with E-state index in [4.69, 9.17) is 9.52 Å². The Morgan fingerprint density at radius 3 is 2.62 bits per heavy atom. The van der Waals surface area contributed by atoms with Crippen LogP contribution in [-0.4, -0.2) is 37.1 Å². The van der Waals surface area contributed by atoms with Gasteiger partial charge < -0.3 is 9.30 Å². The predicted molar refractivity (Wildman–Crippen MR) is 100.0 cm³/mol. The molecule has 1 aromatic carbocycles. The molecule has 0 fully saturated rings. The normalized spacial score (nSPS) is 13.8. The van der Waals surface area contributed by atoms with E-state index in [1.54, 1.807) is 31.8 Å². The lowest BCUT2D eigenvalue weighted by atomic mass is 10.2. The maximum absolute atomic E-state index is 11.8. The number of nitrogens with one attached hydrogen (secondary N) is 1. The third kappa shape index (κ3) is 2.88. The fourth-order valence-electron chi connectivity index (χ4n) is 2.91. The van der Waals surface area contributed by atoms with Crippen molar-refractivity contribution in [2.24, 2.45) is 0 Å². The van der Waals surface area contributed by atoms with Crippen LogP contribution in [-0.2, 0) is 16.3 Å². The molecule has 3 aromatic heterocycles. The summed E-state index contributed by atoms with van der Waals surface area (Å²) in [6.45, 7) is 0.602. The summed E-state index contributed by atoms with van der Waals surface area (Å²) in [7, 11) is -1.12. The minimum atomic E-state index is -2.70. The van der Waals surface area contributed by atoms with Crippen LogP contribution in [0.4, 0.5) is 0 Å². The number of aromatic nitrogens is 4. The van der Waals surface area contributed by atoms with Gasteiger partial charge in [-0.2, -0.15) is 4.98 Å². The van der Waals surface area contributed by atoms with Gasteiger partial charge in [0.05, 0.1) is 34.9 Å². The number of methoxy groups -OCH3 is 1. The smallest absolute Gasteiger partial charge is 0.215 e. The van der Waals surface area contributed by atoms with Gasteiger partial charge in [0.1, 0.15) is 5.52 Å². The molecule has 0 aliphatic carbocycles. The molecule has 4 aromatic rings. The average molecular weight is 367 g/mol. The number of fused-ring (bicyclic) bond motifs is 3. The largest absolute Gasteiger partial charge is 0.481 e. The molecule has 8 heteroatoms. The van der Waals surface area contributed by atoms with E-state index in [-0.39, 0.29) is 0 Å². The zero-order chi connectivity index (χ0) is 18.3. The van der Waals surface area contributed by atoms with Crippen LogP contribution >= 0.6 is 0 Å². The first kappa shape index (κ1) is 16.5. The third-order valence-corrected chi connectivity index (χ3v) is 5.39. The molecule has 3 heterocycles. The second kappa shape index (κ2) is 6.06. The van der Waals surface area contributed by atoms with Gasteiger partial charge in [0.2, 0.25) is 5.88 Å². The Balaban J connectivity index is 1.78. The van der Waals surface area contributed by atoms with Crippen molar-refractivity contribution >= 4 is 31.8 Å². The molecule has 0 saturated carbocycles. The molecule has 0 spiro atoms. The van der Waals surface area contributed by atoms with Crippen LogP contribution in [0.25, 0.3) is 22.1 Å². The average Bonchev–Trinajstić information content (AvgIpc) is 3.04. The number of rotatable bonds is 4. The highest BCUT2D eigenvalue weighted by Gasteiger charge is 2.11. The van der Waals surface area contributed by atoms with Crippen molar-refractivity contribution in [3.8, 4) is 5.88 Å². The van der Waals surface area contributed by atoms with Crippen LogP contribution in [0.2, 0.25) is 0 Å². The van der Waals surface area contributed by atoms with Gasteiger partial charge in [-0.3, -0.25) is 0 Å². The van der Waals surface area contributed by atoms with Gasteiger partial charge in [-0.1, -0.05) is 12.1 Å². The summed E-state index contributed by atoms with van der Waals surface area (Å²) >= 11 is 0. The lowest BCUT2D eigenvalue weighted by molar-refractivity contribution is 0.399. The molecule has 0 saturated heterocycles. The van der Waals surface area contributed by atoms with Crippen molar-refractivity contribution in [2.75, 3.05) is 13.4 Å². The number of benzene rings is 1. The topological polar surface area (TPSA) is 93.8 Å². The maximum atomic E-state index is 11.8. The van der Waals surface area contributed by atoms with E-state index in [1.165, 1.54) is 6.26 Å². The van der Waals surface area contributed by atoms with Gasteiger partial charge >= 0.3 is 0 Å². The minimum Gasteiger partial charge on any atom is -0.481 e. The number of hydrogen-bond donors (Lipinski definition) is 1. The number of ether oxygens (including phenoxy) is 1. The van der Waals surface area contributed by atoms with Crippen LogP contribution in [0, 0.1) is 4.78 Å². The first-order valence-electron chi connectivity index (χ1n) is 7.93. The molecule has 0 amide bonds. The van der Waals surface area contributed by atoms with E-state index in [0.717, 1.165) is 22.0 Å². The second-order valence-corrected chi connectivity index (χ2v) is 8.24. The van der Waals surface area contributed by atoms with Gasteiger partial charge in [-0.15, -0.1) is 0 Å². The van der Waals surface area contributed by atoms with E-state index in [9.17, 15) is 4.21 Å². The highest BCUT2D eigenvalue weighted by molar-refractivity contribution is 7.91. The fourth-order valence-corrected chi connectivity index (χ4v) is 3.56. The number of nitrogens with zero attached hydrogens (tertiary/aromatic N) is 4. The summed E-state index contributed by atoms with van der Waals surface area (Å²) in [6.07, 6.45) is 4.90. The van der Waals surface area contributed by atoms with Crippen LogP contribution in [0.5, 0.6) is 5.88 Å². The van der Waals surface area contributed by atoms with E-state index >= 15 is 0 Å². The molecule has 0 aliphatic heterocycles. The number of imidazole rings is 1.